The fourth-order valence-electron chi connectivity index (χ4n) is 5.47. The van der Waals surface area contributed by atoms with Gasteiger partial charge in [-0.2, -0.15) is 17.5 Å². The van der Waals surface area contributed by atoms with Crippen LogP contribution in [0.3, 0.4) is 0 Å². The highest BCUT2D eigenvalue weighted by molar-refractivity contribution is 7.88. The Bertz CT molecular complexity index is 1870. The molecule has 0 bridgehead atoms. The first-order valence-corrected chi connectivity index (χ1v) is 16.5. The largest absolute Gasteiger partial charge is 0.417 e. The molecule has 2 fully saturated rings. The third kappa shape index (κ3) is 7.61. The normalized spacial score (nSPS) is 16.8. The van der Waals surface area contributed by atoms with Gasteiger partial charge >= 0.3 is 12.2 Å². The number of fused-ring (bicyclic) bond motifs is 1. The summed E-state index contributed by atoms with van der Waals surface area (Å²) >= 11 is 0. The van der Waals surface area contributed by atoms with E-state index >= 15 is 0 Å². The van der Waals surface area contributed by atoms with Gasteiger partial charge in [0, 0.05) is 63.9 Å². The lowest BCUT2D eigenvalue weighted by Crippen LogP contribution is -2.47. The van der Waals surface area contributed by atoms with Gasteiger partial charge in [-0.05, 0) is 42.0 Å². The van der Waals surface area contributed by atoms with Crippen LogP contribution < -0.4 is 15.5 Å². The number of hydrogen-bond acceptors (Lipinski definition) is 9. The van der Waals surface area contributed by atoms with E-state index in [1.54, 1.807) is 6.20 Å². The lowest BCUT2D eigenvalue weighted by Gasteiger charge is -2.32. The molecular weight excluding hydrogens is 646 g/mol. The van der Waals surface area contributed by atoms with Crippen LogP contribution in [0.2, 0.25) is 0 Å². The zero-order chi connectivity index (χ0) is 33.3. The summed E-state index contributed by atoms with van der Waals surface area (Å²) in [6.45, 7) is 4.02. The van der Waals surface area contributed by atoms with E-state index in [2.05, 4.69) is 30.6 Å². The minimum atomic E-state index is -4.85. The summed E-state index contributed by atoms with van der Waals surface area (Å²) in [4.78, 5) is 25.1. The van der Waals surface area contributed by atoms with E-state index in [4.69, 9.17) is 4.74 Å². The maximum absolute atomic E-state index is 14.4. The highest BCUT2D eigenvalue weighted by Gasteiger charge is 2.36. The van der Waals surface area contributed by atoms with Gasteiger partial charge in [0.2, 0.25) is 10.0 Å². The van der Waals surface area contributed by atoms with Crippen molar-refractivity contribution in [2.75, 3.05) is 74.3 Å². The number of morpholine rings is 1. The van der Waals surface area contributed by atoms with Crippen LogP contribution in [-0.2, 0) is 27.5 Å². The molecule has 2 aliphatic rings. The van der Waals surface area contributed by atoms with Crippen LogP contribution in [0.1, 0.15) is 11.1 Å². The topological polar surface area (TPSA) is 137 Å². The number of alkyl halides is 3. The van der Waals surface area contributed by atoms with Gasteiger partial charge in [0.25, 0.3) is 0 Å². The smallest absolute Gasteiger partial charge is 0.378 e. The number of anilines is 3. The number of halogens is 4. The molecule has 3 aromatic heterocycles. The lowest BCUT2D eigenvalue weighted by molar-refractivity contribution is -0.137. The van der Waals surface area contributed by atoms with Crippen LogP contribution >= 0.6 is 0 Å². The third-order valence-corrected chi connectivity index (χ3v) is 9.11. The number of nitrogens with zero attached hydrogens (tertiary/aromatic N) is 7. The van der Waals surface area contributed by atoms with E-state index in [0.717, 1.165) is 23.9 Å². The van der Waals surface area contributed by atoms with E-state index in [9.17, 15) is 30.8 Å². The monoisotopic (exact) mass is 677 g/mol. The number of nitrogens with one attached hydrogen (secondary N) is 2. The van der Waals surface area contributed by atoms with Crippen LogP contribution in [0.25, 0.3) is 16.9 Å². The number of ether oxygens (including phenoxy) is 1. The fourth-order valence-corrected chi connectivity index (χ4v) is 6.30. The molecule has 2 aliphatic heterocycles. The first-order chi connectivity index (χ1) is 22.3. The number of pyridine rings is 1. The molecule has 5 heterocycles. The number of rotatable bonds is 7. The zero-order valence-electron chi connectivity index (χ0n) is 25.2. The molecule has 0 atom stereocenters. The molecule has 0 spiro atoms. The Morgan fingerprint density at radius 2 is 1.70 bits per heavy atom. The maximum atomic E-state index is 14.4. The van der Waals surface area contributed by atoms with Gasteiger partial charge in [0.05, 0.1) is 30.6 Å². The number of hydrogen-bond donors (Lipinski definition) is 2. The van der Waals surface area contributed by atoms with E-state index < -0.39 is 33.6 Å². The predicted molar refractivity (Wildman–Crippen MR) is 165 cm³/mol. The molecule has 13 nitrogen and oxygen atoms in total. The molecule has 0 radical (unpaired) electrons. The van der Waals surface area contributed by atoms with E-state index in [0.29, 0.717) is 76.4 Å². The average Bonchev–Trinajstić information content (AvgIpc) is 3.44. The SMILES string of the molecule is CS(=O)(=O)N1CCN(Cc2cc3c(N4CCOCC4)nc(-c4cnc(NC(=O)Nc5ccc(F)cc5)cc4C(F)(F)F)nn3c2)CC1. The summed E-state index contributed by atoms with van der Waals surface area (Å²) in [6.07, 6.45) is -0.977. The number of benzene rings is 1. The summed E-state index contributed by atoms with van der Waals surface area (Å²) in [5.41, 5.74) is 0.173. The Labute approximate surface area is 267 Å². The molecule has 0 saturated carbocycles. The summed E-state index contributed by atoms with van der Waals surface area (Å²) in [6, 6.07) is 6.58. The molecule has 4 aromatic rings. The molecular formula is C29H31F4N9O4S. The number of carbonyl (C=O) groups excluding carboxylic acids is 1. The lowest BCUT2D eigenvalue weighted by atomic mass is 10.1. The van der Waals surface area contributed by atoms with Crippen molar-refractivity contribution >= 4 is 38.9 Å². The van der Waals surface area contributed by atoms with Crippen molar-refractivity contribution in [2.45, 2.75) is 12.7 Å². The molecule has 47 heavy (non-hydrogen) atoms. The van der Waals surface area contributed by atoms with Crippen LogP contribution in [0.5, 0.6) is 0 Å². The average molecular weight is 678 g/mol. The Morgan fingerprint density at radius 1 is 1.00 bits per heavy atom. The maximum Gasteiger partial charge on any atom is 0.417 e. The first kappa shape index (κ1) is 32.5. The van der Waals surface area contributed by atoms with Gasteiger partial charge in [-0.3, -0.25) is 10.2 Å². The minimum Gasteiger partial charge on any atom is -0.378 e. The standard InChI is InChI=1S/C29H31F4N9O4S/c1-47(44,45)41-8-6-39(7-9-41)17-19-14-24-27(40-10-12-46-13-11-40)37-26(38-42(24)18-19)22-16-34-25(15-23(22)29(31,32)33)36-28(43)35-21-4-2-20(30)3-5-21/h2-5,14-16,18H,6-13,17H2,1H3,(H2,34,35,36,43). The van der Waals surface area contributed by atoms with Crippen molar-refractivity contribution in [1.82, 2.24) is 28.8 Å². The van der Waals surface area contributed by atoms with E-state index in [1.165, 1.54) is 27.2 Å². The second-order valence-corrected chi connectivity index (χ2v) is 13.2. The van der Waals surface area contributed by atoms with Gasteiger partial charge in [0.1, 0.15) is 17.2 Å². The summed E-state index contributed by atoms with van der Waals surface area (Å²) in [5.74, 6) is -0.666. The number of piperazine rings is 1. The number of aromatic nitrogens is 4. The molecule has 1 aromatic carbocycles. The van der Waals surface area contributed by atoms with Crippen molar-refractivity contribution in [2.24, 2.45) is 0 Å². The van der Waals surface area contributed by atoms with Crippen molar-refractivity contribution in [3.05, 3.63) is 65.7 Å². The van der Waals surface area contributed by atoms with Gasteiger partial charge in [-0.15, -0.1) is 5.10 Å². The summed E-state index contributed by atoms with van der Waals surface area (Å²) in [7, 11) is -3.28. The third-order valence-electron chi connectivity index (χ3n) is 7.81. The Balaban J connectivity index is 1.31. The number of urea groups is 1. The van der Waals surface area contributed by atoms with E-state index in [-0.39, 0.29) is 22.9 Å². The van der Waals surface area contributed by atoms with Crippen LogP contribution in [0, 0.1) is 5.82 Å². The minimum absolute atomic E-state index is 0.218. The molecule has 0 unspecified atom stereocenters. The molecule has 2 N–H and O–H groups in total. The number of carbonyl (C=O) groups is 1. The van der Waals surface area contributed by atoms with Crippen molar-refractivity contribution in [3.63, 3.8) is 0 Å². The van der Waals surface area contributed by atoms with Gasteiger partial charge in [-0.1, -0.05) is 0 Å². The molecule has 6 rings (SSSR count). The van der Waals surface area contributed by atoms with Crippen molar-refractivity contribution in [3.8, 4) is 11.4 Å². The van der Waals surface area contributed by atoms with E-state index in [1.807, 2.05) is 11.0 Å². The number of sulfonamides is 1. The van der Waals surface area contributed by atoms with Gasteiger partial charge < -0.3 is 15.0 Å². The molecule has 250 valence electrons. The predicted octanol–water partition coefficient (Wildman–Crippen LogP) is 3.51. The van der Waals surface area contributed by atoms with Crippen molar-refractivity contribution in [1.29, 1.82) is 0 Å². The van der Waals surface area contributed by atoms with Gasteiger partial charge in [-0.25, -0.2) is 32.1 Å². The molecule has 2 saturated heterocycles. The molecule has 18 heteroatoms. The fraction of sp³-hybridized carbons (Fsp3) is 0.379. The Kier molecular flexibility index (Phi) is 9.01. The highest BCUT2D eigenvalue weighted by atomic mass is 32.2. The number of amides is 2. The van der Waals surface area contributed by atoms with Gasteiger partial charge in [0.15, 0.2) is 11.6 Å². The summed E-state index contributed by atoms with van der Waals surface area (Å²) in [5, 5.41) is 9.15. The quantitative estimate of drug-likeness (QED) is 0.282. The second-order valence-electron chi connectivity index (χ2n) is 11.2. The van der Waals surface area contributed by atoms with Crippen LogP contribution in [0.4, 0.5) is 39.7 Å². The molecule has 0 aliphatic carbocycles. The van der Waals surface area contributed by atoms with Crippen molar-refractivity contribution < 1.29 is 35.5 Å². The highest BCUT2D eigenvalue weighted by Crippen LogP contribution is 2.38. The van der Waals surface area contributed by atoms with Crippen LogP contribution in [-0.4, -0.2) is 102 Å². The Hall–Kier alpha value is -4.39. The summed E-state index contributed by atoms with van der Waals surface area (Å²) < 4.78 is 88.7. The zero-order valence-corrected chi connectivity index (χ0v) is 26.0. The first-order valence-electron chi connectivity index (χ1n) is 14.6. The van der Waals surface area contributed by atoms with Crippen LogP contribution in [0.15, 0.2) is 48.8 Å². The second kappa shape index (κ2) is 13.0. The Morgan fingerprint density at radius 3 is 2.36 bits per heavy atom. The molecule has 2 amide bonds.